The number of anilines is 1. The molecule has 0 saturated carbocycles. The van der Waals surface area contributed by atoms with Gasteiger partial charge in [0.1, 0.15) is 5.75 Å². The fourth-order valence-corrected chi connectivity index (χ4v) is 3.37. The molecule has 1 unspecified atom stereocenters. The van der Waals surface area contributed by atoms with E-state index in [0.29, 0.717) is 0 Å². The summed E-state index contributed by atoms with van der Waals surface area (Å²) in [7, 11) is 3.89. The zero-order valence-corrected chi connectivity index (χ0v) is 11.9. The fourth-order valence-electron chi connectivity index (χ4n) is 3.37. The van der Waals surface area contributed by atoms with E-state index in [-0.39, 0.29) is 5.54 Å². The molecule has 0 saturated heterocycles. The second-order valence-corrected chi connectivity index (χ2v) is 5.86. The minimum Gasteiger partial charge on any atom is -0.493 e. The molecule has 1 atom stereocenters. The second-order valence-electron chi connectivity index (χ2n) is 5.86. The van der Waals surface area contributed by atoms with Gasteiger partial charge in [-0.1, -0.05) is 6.07 Å². The summed E-state index contributed by atoms with van der Waals surface area (Å²) in [6.07, 6.45) is 2.99. The van der Waals surface area contributed by atoms with Crippen molar-refractivity contribution in [2.24, 2.45) is 0 Å². The molecular formula is C15H22N2O2. The van der Waals surface area contributed by atoms with Crippen LogP contribution >= 0.6 is 0 Å². The molecule has 0 aromatic heterocycles. The standard InChI is InChI=1S/C15H22N2O2/c1-15(17(3)18)8-4-9-16(2)14-11-7-10-19-13(11)6-5-12(14)15/h5-6,18H,4,7-10H2,1-3H3. The Bertz CT molecular complexity index is 501. The highest BCUT2D eigenvalue weighted by molar-refractivity contribution is 5.67. The summed E-state index contributed by atoms with van der Waals surface area (Å²) >= 11 is 0. The van der Waals surface area contributed by atoms with Gasteiger partial charge in [-0.05, 0) is 31.4 Å². The van der Waals surface area contributed by atoms with Gasteiger partial charge in [0.15, 0.2) is 0 Å². The van der Waals surface area contributed by atoms with Gasteiger partial charge in [-0.15, -0.1) is 0 Å². The van der Waals surface area contributed by atoms with Gasteiger partial charge in [0.2, 0.25) is 0 Å². The van der Waals surface area contributed by atoms with Crippen LogP contribution in [-0.2, 0) is 12.0 Å². The molecule has 0 radical (unpaired) electrons. The van der Waals surface area contributed by atoms with Crippen LogP contribution in [0.3, 0.4) is 0 Å². The summed E-state index contributed by atoms with van der Waals surface area (Å²) < 4.78 is 5.68. The van der Waals surface area contributed by atoms with Crippen molar-refractivity contribution >= 4 is 5.69 Å². The highest BCUT2D eigenvalue weighted by Gasteiger charge is 2.38. The van der Waals surface area contributed by atoms with E-state index in [4.69, 9.17) is 4.74 Å². The topological polar surface area (TPSA) is 35.9 Å². The zero-order chi connectivity index (χ0) is 13.6. The molecule has 19 heavy (non-hydrogen) atoms. The molecule has 0 amide bonds. The Labute approximate surface area is 114 Å². The van der Waals surface area contributed by atoms with Crippen LogP contribution in [0.15, 0.2) is 12.1 Å². The first-order valence-electron chi connectivity index (χ1n) is 6.97. The largest absolute Gasteiger partial charge is 0.493 e. The van der Waals surface area contributed by atoms with Crippen LogP contribution < -0.4 is 9.64 Å². The first-order valence-corrected chi connectivity index (χ1v) is 6.97. The van der Waals surface area contributed by atoms with Gasteiger partial charge in [-0.2, -0.15) is 5.06 Å². The Morgan fingerprint density at radius 2 is 2.21 bits per heavy atom. The first-order chi connectivity index (χ1) is 9.04. The summed E-state index contributed by atoms with van der Waals surface area (Å²) in [6, 6.07) is 4.18. The predicted molar refractivity (Wildman–Crippen MR) is 75.0 cm³/mol. The van der Waals surface area contributed by atoms with Gasteiger partial charge >= 0.3 is 0 Å². The van der Waals surface area contributed by atoms with Crippen molar-refractivity contribution in [3.8, 4) is 5.75 Å². The minimum atomic E-state index is -0.322. The number of hydrogen-bond acceptors (Lipinski definition) is 4. The Kier molecular flexibility index (Phi) is 2.95. The lowest BCUT2D eigenvalue weighted by molar-refractivity contribution is -0.153. The third-order valence-electron chi connectivity index (χ3n) is 4.68. The number of hydroxylamine groups is 2. The maximum Gasteiger partial charge on any atom is 0.124 e. The molecule has 0 bridgehead atoms. The summed E-state index contributed by atoms with van der Waals surface area (Å²) in [5.74, 6) is 1.01. The maximum atomic E-state index is 10.1. The van der Waals surface area contributed by atoms with Crippen LogP contribution in [0, 0.1) is 0 Å². The average Bonchev–Trinajstić information content (AvgIpc) is 2.80. The smallest absolute Gasteiger partial charge is 0.124 e. The Hall–Kier alpha value is -1.26. The molecule has 1 aromatic carbocycles. The van der Waals surface area contributed by atoms with E-state index in [9.17, 15) is 5.21 Å². The number of hydrogen-bond donors (Lipinski definition) is 1. The van der Waals surface area contributed by atoms with Crippen molar-refractivity contribution < 1.29 is 9.94 Å². The van der Waals surface area contributed by atoms with Crippen molar-refractivity contribution in [3.05, 3.63) is 23.3 Å². The fraction of sp³-hybridized carbons (Fsp3) is 0.600. The van der Waals surface area contributed by atoms with Crippen LogP contribution in [0.2, 0.25) is 0 Å². The predicted octanol–water partition coefficient (Wildman–Crippen LogP) is 2.39. The number of rotatable bonds is 1. The van der Waals surface area contributed by atoms with Crippen LogP contribution in [0.4, 0.5) is 5.69 Å². The molecule has 3 rings (SSSR count). The van der Waals surface area contributed by atoms with E-state index in [1.807, 2.05) is 0 Å². The van der Waals surface area contributed by atoms with E-state index >= 15 is 0 Å². The Morgan fingerprint density at radius 1 is 1.42 bits per heavy atom. The van der Waals surface area contributed by atoms with Crippen molar-refractivity contribution in [2.45, 2.75) is 31.7 Å². The van der Waals surface area contributed by atoms with Gasteiger partial charge < -0.3 is 14.8 Å². The lowest BCUT2D eigenvalue weighted by Gasteiger charge is -2.36. The summed E-state index contributed by atoms with van der Waals surface area (Å²) in [6.45, 7) is 3.91. The molecule has 0 fully saturated rings. The molecular weight excluding hydrogens is 240 g/mol. The molecule has 2 heterocycles. The van der Waals surface area contributed by atoms with Gasteiger partial charge in [-0.25, -0.2) is 0 Å². The van der Waals surface area contributed by atoms with E-state index < -0.39 is 0 Å². The van der Waals surface area contributed by atoms with Gasteiger partial charge in [-0.3, -0.25) is 0 Å². The molecule has 4 heteroatoms. The van der Waals surface area contributed by atoms with Crippen molar-refractivity contribution in [2.75, 3.05) is 32.1 Å². The van der Waals surface area contributed by atoms with Gasteiger partial charge in [0, 0.05) is 38.3 Å². The molecule has 0 aliphatic carbocycles. The number of ether oxygens (including phenoxy) is 1. The minimum absolute atomic E-state index is 0.322. The van der Waals surface area contributed by atoms with Crippen LogP contribution in [-0.4, -0.2) is 37.5 Å². The van der Waals surface area contributed by atoms with E-state index in [1.54, 1.807) is 7.05 Å². The van der Waals surface area contributed by atoms with E-state index in [0.717, 1.165) is 38.2 Å². The second kappa shape index (κ2) is 4.39. The summed E-state index contributed by atoms with van der Waals surface area (Å²) in [5.41, 5.74) is 3.45. The SMILES string of the molecule is CN1CCCC(C)(N(C)O)c2ccc3c(c21)CCO3. The molecule has 104 valence electrons. The van der Waals surface area contributed by atoms with E-state index in [2.05, 4.69) is 31.0 Å². The molecule has 4 nitrogen and oxygen atoms in total. The Morgan fingerprint density at radius 3 is 2.95 bits per heavy atom. The normalized spacial score (nSPS) is 25.8. The number of benzene rings is 1. The quantitative estimate of drug-likeness (QED) is 0.788. The zero-order valence-electron chi connectivity index (χ0n) is 11.9. The summed E-state index contributed by atoms with van der Waals surface area (Å²) in [4.78, 5) is 2.32. The van der Waals surface area contributed by atoms with Crippen molar-refractivity contribution in [3.63, 3.8) is 0 Å². The highest BCUT2D eigenvalue weighted by atomic mass is 16.5. The van der Waals surface area contributed by atoms with Gasteiger partial charge in [0.25, 0.3) is 0 Å². The third-order valence-corrected chi connectivity index (χ3v) is 4.68. The van der Waals surface area contributed by atoms with Crippen molar-refractivity contribution in [1.82, 2.24) is 5.06 Å². The number of fused-ring (bicyclic) bond motifs is 3. The lowest BCUT2D eigenvalue weighted by atomic mass is 9.85. The van der Waals surface area contributed by atoms with Crippen LogP contribution in [0.1, 0.15) is 30.9 Å². The molecule has 2 aliphatic rings. The molecule has 1 aromatic rings. The highest BCUT2D eigenvalue weighted by Crippen LogP contribution is 2.45. The molecule has 1 N–H and O–H groups in total. The van der Waals surface area contributed by atoms with Crippen LogP contribution in [0.5, 0.6) is 5.75 Å². The van der Waals surface area contributed by atoms with E-state index in [1.165, 1.54) is 21.9 Å². The maximum absolute atomic E-state index is 10.1. The summed E-state index contributed by atoms with van der Waals surface area (Å²) in [5, 5.41) is 11.5. The number of nitrogens with zero attached hydrogens (tertiary/aromatic N) is 2. The lowest BCUT2D eigenvalue weighted by Crippen LogP contribution is -2.39. The van der Waals surface area contributed by atoms with Gasteiger partial charge in [0.05, 0.1) is 12.1 Å². The Balaban J connectivity index is 2.22. The first kappa shape index (κ1) is 12.8. The average molecular weight is 262 g/mol. The van der Waals surface area contributed by atoms with Crippen molar-refractivity contribution in [1.29, 1.82) is 0 Å². The molecule has 2 aliphatic heterocycles. The third kappa shape index (κ3) is 1.82. The molecule has 0 spiro atoms. The van der Waals surface area contributed by atoms with Crippen LogP contribution in [0.25, 0.3) is 0 Å². The monoisotopic (exact) mass is 262 g/mol.